The summed E-state index contributed by atoms with van der Waals surface area (Å²) >= 11 is 4.97. The molecule has 2 aromatic rings. The summed E-state index contributed by atoms with van der Waals surface area (Å²) in [6, 6.07) is 15.8. The van der Waals surface area contributed by atoms with Crippen molar-refractivity contribution in [2.75, 3.05) is 5.75 Å². The van der Waals surface area contributed by atoms with Crippen molar-refractivity contribution in [3.05, 3.63) is 64.1 Å². The lowest BCUT2D eigenvalue weighted by atomic mass is 9.95. The van der Waals surface area contributed by atoms with Crippen LogP contribution in [-0.2, 0) is 16.1 Å². The van der Waals surface area contributed by atoms with Crippen molar-refractivity contribution in [3.8, 4) is 0 Å². The highest BCUT2D eigenvalue weighted by molar-refractivity contribution is 9.10. The van der Waals surface area contributed by atoms with E-state index >= 15 is 0 Å². The molecule has 1 unspecified atom stereocenters. The Bertz CT molecular complexity index is 864. The summed E-state index contributed by atoms with van der Waals surface area (Å²) in [5, 5.41) is 3.18. The first-order valence-electron chi connectivity index (χ1n) is 11.0. The number of amides is 2. The Labute approximate surface area is 198 Å². The molecule has 6 heteroatoms. The average Bonchev–Trinajstić information content (AvgIpc) is 2.78. The molecule has 0 saturated heterocycles. The zero-order chi connectivity index (χ0) is 22.2. The molecule has 31 heavy (non-hydrogen) atoms. The number of benzene rings is 2. The Kier molecular flexibility index (Phi) is 9.02. The highest BCUT2D eigenvalue weighted by Gasteiger charge is 2.28. The number of hydrogen-bond acceptors (Lipinski definition) is 3. The third kappa shape index (κ3) is 7.39. The molecule has 3 rings (SSSR count). The molecular weight excluding hydrogens is 472 g/mol. The van der Waals surface area contributed by atoms with Crippen LogP contribution in [0.3, 0.4) is 0 Å². The number of carbonyl (C=O) groups is 2. The second-order valence-electron chi connectivity index (χ2n) is 8.27. The van der Waals surface area contributed by atoms with Gasteiger partial charge in [-0.25, -0.2) is 0 Å². The smallest absolute Gasteiger partial charge is 0.242 e. The number of nitrogens with zero attached hydrogens (tertiary/aromatic N) is 1. The predicted molar refractivity (Wildman–Crippen MR) is 131 cm³/mol. The van der Waals surface area contributed by atoms with Crippen LogP contribution in [0.1, 0.15) is 50.2 Å². The lowest BCUT2D eigenvalue weighted by Gasteiger charge is -2.31. The monoisotopic (exact) mass is 502 g/mol. The van der Waals surface area contributed by atoms with Crippen LogP contribution in [0, 0.1) is 6.92 Å². The molecule has 1 aliphatic rings. The lowest BCUT2D eigenvalue weighted by molar-refractivity contribution is -0.139. The first-order chi connectivity index (χ1) is 14.9. The Morgan fingerprint density at radius 3 is 2.35 bits per heavy atom. The molecule has 2 aromatic carbocycles. The van der Waals surface area contributed by atoms with Crippen molar-refractivity contribution < 1.29 is 9.59 Å². The van der Waals surface area contributed by atoms with Gasteiger partial charge in [-0.15, -0.1) is 11.8 Å². The summed E-state index contributed by atoms with van der Waals surface area (Å²) in [5.74, 6) is 0.221. The molecule has 0 bridgehead atoms. The fourth-order valence-electron chi connectivity index (χ4n) is 3.80. The molecule has 4 nitrogen and oxygen atoms in total. The standard InChI is InChI=1S/C25H31BrN2O2S/c1-18-8-14-23(15-9-18)31-17-24(29)28(16-20-10-12-21(26)13-11-20)19(2)25(30)27-22-6-4-3-5-7-22/h8-15,19,22H,3-7,16-17H2,1-2H3,(H,27,30). The Morgan fingerprint density at radius 1 is 1.06 bits per heavy atom. The Hall–Kier alpha value is -1.79. The first-order valence-corrected chi connectivity index (χ1v) is 12.7. The van der Waals surface area contributed by atoms with E-state index < -0.39 is 6.04 Å². The van der Waals surface area contributed by atoms with E-state index in [0.717, 1.165) is 40.6 Å². The minimum atomic E-state index is -0.517. The van der Waals surface area contributed by atoms with E-state index in [4.69, 9.17) is 0 Å². The van der Waals surface area contributed by atoms with E-state index in [1.807, 2.05) is 62.4 Å². The van der Waals surface area contributed by atoms with Gasteiger partial charge in [0.1, 0.15) is 6.04 Å². The van der Waals surface area contributed by atoms with Gasteiger partial charge in [0, 0.05) is 22.0 Å². The quantitative estimate of drug-likeness (QED) is 0.469. The van der Waals surface area contributed by atoms with Crippen LogP contribution in [-0.4, -0.2) is 34.6 Å². The molecule has 0 heterocycles. The molecule has 1 fully saturated rings. The molecule has 1 saturated carbocycles. The summed E-state index contributed by atoms with van der Waals surface area (Å²) in [4.78, 5) is 29.0. The number of hydrogen-bond donors (Lipinski definition) is 1. The molecule has 2 amide bonds. The summed E-state index contributed by atoms with van der Waals surface area (Å²) in [5.41, 5.74) is 2.20. The minimum absolute atomic E-state index is 0.0280. The van der Waals surface area contributed by atoms with Gasteiger partial charge in [-0.2, -0.15) is 0 Å². The fourth-order valence-corrected chi connectivity index (χ4v) is 4.85. The largest absolute Gasteiger partial charge is 0.352 e. The number of rotatable bonds is 8. The molecule has 1 aliphatic carbocycles. The van der Waals surface area contributed by atoms with E-state index in [0.29, 0.717) is 12.3 Å². The lowest BCUT2D eigenvalue weighted by Crippen LogP contribution is -2.50. The highest BCUT2D eigenvalue weighted by Crippen LogP contribution is 2.22. The topological polar surface area (TPSA) is 49.4 Å². The zero-order valence-corrected chi connectivity index (χ0v) is 20.7. The normalized spacial score (nSPS) is 15.3. The third-order valence-corrected chi connectivity index (χ3v) is 7.29. The molecule has 0 spiro atoms. The molecule has 166 valence electrons. The van der Waals surface area contributed by atoms with Crippen LogP contribution >= 0.6 is 27.7 Å². The number of carbonyl (C=O) groups excluding carboxylic acids is 2. The second kappa shape index (κ2) is 11.7. The van der Waals surface area contributed by atoms with Gasteiger partial charge in [0.05, 0.1) is 5.75 Å². The van der Waals surface area contributed by atoms with E-state index in [1.165, 1.54) is 23.7 Å². The van der Waals surface area contributed by atoms with Crippen molar-refractivity contribution in [1.29, 1.82) is 0 Å². The van der Waals surface area contributed by atoms with Crippen LogP contribution < -0.4 is 5.32 Å². The first kappa shape index (κ1) is 23.9. The van der Waals surface area contributed by atoms with E-state index in [1.54, 1.807) is 4.90 Å². The maximum Gasteiger partial charge on any atom is 0.242 e. The van der Waals surface area contributed by atoms with E-state index in [2.05, 4.69) is 21.2 Å². The van der Waals surface area contributed by atoms with Gasteiger partial charge >= 0.3 is 0 Å². The van der Waals surface area contributed by atoms with Crippen LogP contribution in [0.2, 0.25) is 0 Å². The highest BCUT2D eigenvalue weighted by atomic mass is 79.9. The third-order valence-electron chi connectivity index (χ3n) is 5.77. The number of thioether (sulfide) groups is 1. The summed E-state index contributed by atoms with van der Waals surface area (Å²) in [6.45, 7) is 4.30. The SMILES string of the molecule is Cc1ccc(SCC(=O)N(Cc2ccc(Br)cc2)C(C)C(=O)NC2CCCCC2)cc1. The number of aryl methyl sites for hydroxylation is 1. The van der Waals surface area contributed by atoms with Crippen LogP contribution in [0.25, 0.3) is 0 Å². The van der Waals surface area contributed by atoms with Crippen LogP contribution in [0.15, 0.2) is 57.9 Å². The molecule has 0 radical (unpaired) electrons. The Balaban J connectivity index is 1.69. The second-order valence-corrected chi connectivity index (χ2v) is 10.2. The summed E-state index contributed by atoms with van der Waals surface area (Å²) < 4.78 is 0.993. The van der Waals surface area contributed by atoms with Crippen LogP contribution in [0.4, 0.5) is 0 Å². The van der Waals surface area contributed by atoms with Crippen molar-refractivity contribution in [2.24, 2.45) is 0 Å². The predicted octanol–water partition coefficient (Wildman–Crippen LogP) is 5.72. The molecule has 0 aliphatic heterocycles. The summed E-state index contributed by atoms with van der Waals surface area (Å²) in [6.07, 6.45) is 5.62. The maximum absolute atomic E-state index is 13.2. The van der Waals surface area contributed by atoms with E-state index in [-0.39, 0.29) is 17.9 Å². The van der Waals surface area contributed by atoms with Gasteiger partial charge in [0.25, 0.3) is 0 Å². The van der Waals surface area contributed by atoms with Gasteiger partial charge in [-0.05, 0) is 56.5 Å². The van der Waals surface area contributed by atoms with Crippen molar-refractivity contribution in [1.82, 2.24) is 10.2 Å². The maximum atomic E-state index is 13.2. The molecular formula is C25H31BrN2O2S. The van der Waals surface area contributed by atoms with Gasteiger partial charge in [0.15, 0.2) is 0 Å². The Morgan fingerprint density at radius 2 is 1.71 bits per heavy atom. The van der Waals surface area contributed by atoms with Crippen molar-refractivity contribution >= 4 is 39.5 Å². The molecule has 1 N–H and O–H groups in total. The molecule has 1 atom stereocenters. The van der Waals surface area contributed by atoms with E-state index in [9.17, 15) is 9.59 Å². The average molecular weight is 504 g/mol. The van der Waals surface area contributed by atoms with Crippen LogP contribution in [0.5, 0.6) is 0 Å². The number of nitrogens with one attached hydrogen (secondary N) is 1. The van der Waals surface area contributed by atoms with Gasteiger partial charge in [-0.1, -0.05) is 65.0 Å². The van der Waals surface area contributed by atoms with Gasteiger partial charge < -0.3 is 10.2 Å². The zero-order valence-electron chi connectivity index (χ0n) is 18.3. The van der Waals surface area contributed by atoms with Gasteiger partial charge in [-0.3, -0.25) is 9.59 Å². The fraction of sp³-hybridized carbons (Fsp3) is 0.440. The van der Waals surface area contributed by atoms with Crippen molar-refractivity contribution in [3.63, 3.8) is 0 Å². The van der Waals surface area contributed by atoms with Crippen molar-refractivity contribution in [2.45, 2.75) is 69.5 Å². The number of halogens is 1. The minimum Gasteiger partial charge on any atom is -0.352 e. The molecule has 0 aromatic heterocycles. The van der Waals surface area contributed by atoms with Gasteiger partial charge in [0.2, 0.25) is 11.8 Å². The summed E-state index contributed by atoms with van der Waals surface area (Å²) in [7, 11) is 0.